The highest BCUT2D eigenvalue weighted by molar-refractivity contribution is 6.18. The highest BCUT2D eigenvalue weighted by atomic mass is 16.6. The van der Waals surface area contributed by atoms with Crippen molar-refractivity contribution in [3.05, 3.63) is 51.6 Å². The summed E-state index contributed by atoms with van der Waals surface area (Å²) in [4.78, 5) is 41.2. The second kappa shape index (κ2) is 8.74. The lowest BCUT2D eigenvalue weighted by Gasteiger charge is -2.70. The minimum absolute atomic E-state index is 0.0455. The van der Waals surface area contributed by atoms with Crippen LogP contribution in [-0.4, -0.2) is 50.2 Å². The molecule has 46 heavy (non-hydrogen) atoms. The first-order valence-corrected chi connectivity index (χ1v) is 16.8. The molecule has 3 aliphatic heterocycles. The Kier molecular flexibility index (Phi) is 5.70. The van der Waals surface area contributed by atoms with E-state index < -0.39 is 34.3 Å². The van der Waals surface area contributed by atoms with E-state index in [0.717, 1.165) is 24.0 Å². The van der Waals surface area contributed by atoms with Crippen LogP contribution in [0.1, 0.15) is 108 Å². The van der Waals surface area contributed by atoms with E-state index >= 15 is 0 Å². The maximum absolute atomic E-state index is 15.0. The van der Waals surface area contributed by atoms with Crippen molar-refractivity contribution >= 4 is 17.5 Å². The number of ketones is 2. The van der Waals surface area contributed by atoms with Crippen LogP contribution in [0.4, 0.5) is 0 Å². The minimum atomic E-state index is -1.60. The number of ether oxygens (including phenoxy) is 3. The lowest BCUT2D eigenvalue weighted by atomic mass is 9.37. The van der Waals surface area contributed by atoms with Gasteiger partial charge < -0.3 is 24.4 Å². The predicted molar refractivity (Wildman–Crippen MR) is 169 cm³/mol. The summed E-state index contributed by atoms with van der Waals surface area (Å²) in [6.07, 6.45) is 8.08. The molecule has 1 aromatic rings. The summed E-state index contributed by atoms with van der Waals surface area (Å²) < 4.78 is 21.0. The zero-order valence-corrected chi connectivity index (χ0v) is 28.0. The molecule has 9 aliphatic rings. The zero-order chi connectivity index (χ0) is 33.1. The van der Waals surface area contributed by atoms with E-state index in [0.29, 0.717) is 35.6 Å². The standard InChI is InChI=1S/C38H44O8/c1-17(2)9-10-20-29-25(24-21-12-13-36(8,44-29)31(24)34(21,4)5)28(40)26-27(39)22-15-19-16-23-35(6,7)46-37(32(19)41,14-11-18(3)33(42)43)38(22,23)45-30(20)26/h9,11,15,19,21,23-24,31,40H,10,12-14,16H2,1-8H3,(H,42,43)/b18-11-/t19-,21?,23?,24?,31?,36+,37+,38-/m1/s1. The lowest BCUT2D eigenvalue weighted by molar-refractivity contribution is -0.214. The maximum atomic E-state index is 15.0. The number of aromatic hydroxyl groups is 1. The fourth-order valence-electron chi connectivity index (χ4n) is 11.3. The van der Waals surface area contributed by atoms with Gasteiger partial charge in [-0.2, -0.15) is 0 Å². The van der Waals surface area contributed by atoms with Gasteiger partial charge >= 0.3 is 5.97 Å². The molecule has 4 unspecified atom stereocenters. The van der Waals surface area contributed by atoms with Crippen molar-refractivity contribution in [2.45, 2.75) is 116 Å². The number of phenols is 1. The molecule has 1 saturated heterocycles. The van der Waals surface area contributed by atoms with Gasteiger partial charge in [0.05, 0.1) is 5.60 Å². The van der Waals surface area contributed by atoms with E-state index in [-0.39, 0.29) is 63.8 Å². The first-order valence-electron chi connectivity index (χ1n) is 16.8. The van der Waals surface area contributed by atoms with Gasteiger partial charge in [-0.25, -0.2) is 4.79 Å². The van der Waals surface area contributed by atoms with Crippen molar-refractivity contribution in [2.24, 2.45) is 29.1 Å². The third-order valence-corrected chi connectivity index (χ3v) is 13.2. The molecule has 5 fully saturated rings. The summed E-state index contributed by atoms with van der Waals surface area (Å²) in [7, 11) is 0. The van der Waals surface area contributed by atoms with Gasteiger partial charge in [0.1, 0.15) is 28.4 Å². The van der Waals surface area contributed by atoms with Gasteiger partial charge in [-0.15, -0.1) is 0 Å². The molecule has 3 heterocycles. The topological polar surface area (TPSA) is 119 Å². The highest BCUT2D eigenvalue weighted by Crippen LogP contribution is 2.76. The van der Waals surface area contributed by atoms with Gasteiger partial charge in [0, 0.05) is 52.4 Å². The maximum Gasteiger partial charge on any atom is 0.330 e. The van der Waals surface area contributed by atoms with Crippen molar-refractivity contribution in [3.8, 4) is 17.2 Å². The summed E-state index contributed by atoms with van der Waals surface area (Å²) >= 11 is 0. The molecule has 0 aromatic heterocycles. The number of rotatable bonds is 5. The van der Waals surface area contributed by atoms with Crippen molar-refractivity contribution in [3.63, 3.8) is 0 Å². The van der Waals surface area contributed by atoms with E-state index in [1.165, 1.54) is 13.0 Å². The number of phenolic OH excluding ortho intramolecular Hbond substituents is 1. The average Bonchev–Trinajstić information content (AvgIpc) is 3.11. The van der Waals surface area contributed by atoms with E-state index in [4.69, 9.17) is 14.2 Å². The smallest absolute Gasteiger partial charge is 0.330 e. The largest absolute Gasteiger partial charge is 0.507 e. The Morgan fingerprint density at radius 1 is 1.04 bits per heavy atom. The molecule has 10 rings (SSSR count). The number of aliphatic carboxylic acids is 1. The number of allylic oxidation sites excluding steroid dienone is 3. The molecular formula is C38H44O8. The molecular weight excluding hydrogens is 584 g/mol. The molecule has 244 valence electrons. The molecule has 0 radical (unpaired) electrons. The number of hydrogen-bond acceptors (Lipinski definition) is 7. The second-order valence-electron chi connectivity index (χ2n) is 16.6. The summed E-state index contributed by atoms with van der Waals surface area (Å²) in [5.74, 6) is -1.12. The van der Waals surface area contributed by atoms with E-state index in [2.05, 4.69) is 26.8 Å². The number of carbonyl (C=O) groups excluding carboxylic acids is 2. The predicted octanol–water partition coefficient (Wildman–Crippen LogP) is 6.63. The minimum Gasteiger partial charge on any atom is -0.507 e. The monoisotopic (exact) mass is 628 g/mol. The number of hydrogen-bond donors (Lipinski definition) is 2. The Morgan fingerprint density at radius 2 is 1.76 bits per heavy atom. The van der Waals surface area contributed by atoms with Gasteiger partial charge in [-0.05, 0) is 78.6 Å². The van der Waals surface area contributed by atoms with Crippen LogP contribution in [0.2, 0.25) is 0 Å². The van der Waals surface area contributed by atoms with Gasteiger partial charge in [-0.3, -0.25) is 9.59 Å². The van der Waals surface area contributed by atoms with Gasteiger partial charge in [-0.1, -0.05) is 37.6 Å². The molecule has 8 heteroatoms. The number of fused-ring (bicyclic) bond motifs is 3. The van der Waals surface area contributed by atoms with Crippen molar-refractivity contribution < 1.29 is 38.8 Å². The van der Waals surface area contributed by atoms with E-state index in [1.807, 2.05) is 27.7 Å². The first-order chi connectivity index (χ1) is 21.4. The third-order valence-electron chi connectivity index (χ3n) is 13.2. The summed E-state index contributed by atoms with van der Waals surface area (Å²) in [5.41, 5.74) is -1.22. The molecule has 0 amide bonds. The molecule has 1 spiro atoms. The Morgan fingerprint density at radius 3 is 2.41 bits per heavy atom. The molecule has 8 bridgehead atoms. The Hall–Kier alpha value is -3.39. The summed E-state index contributed by atoms with van der Waals surface area (Å²) in [6.45, 7) is 16.1. The summed E-state index contributed by atoms with van der Waals surface area (Å²) in [6, 6.07) is 0. The Bertz CT molecular complexity index is 1770. The highest BCUT2D eigenvalue weighted by Gasteiger charge is 2.81. The first kappa shape index (κ1) is 30.0. The third kappa shape index (κ3) is 3.22. The van der Waals surface area contributed by atoms with Crippen LogP contribution in [-0.2, 0) is 20.7 Å². The van der Waals surface area contributed by atoms with Crippen molar-refractivity contribution in [2.75, 3.05) is 0 Å². The van der Waals surface area contributed by atoms with Crippen LogP contribution in [0.5, 0.6) is 17.2 Å². The van der Waals surface area contributed by atoms with Gasteiger partial charge in [0.25, 0.3) is 0 Å². The number of Topliss-reactive ketones (excluding diaryl/α,β-unsaturated/α-hetero) is 2. The van der Waals surface area contributed by atoms with Crippen LogP contribution >= 0.6 is 0 Å². The SMILES string of the molecule is CC(C)=CCc1c2c(c(O)c3c1O[C@@]1(C)CCC4C3C1C4(C)C)C(=O)C1=C[C@@H]3CC4C(C)(C)O[C@@](C/C=C(/C)C(=O)O)(C3=O)[C@@]14O2. The summed E-state index contributed by atoms with van der Waals surface area (Å²) in [5, 5.41) is 21.9. The van der Waals surface area contributed by atoms with E-state index in [9.17, 15) is 24.6 Å². The van der Waals surface area contributed by atoms with Gasteiger partial charge in [0.15, 0.2) is 22.8 Å². The van der Waals surface area contributed by atoms with Crippen LogP contribution in [0, 0.1) is 29.1 Å². The van der Waals surface area contributed by atoms with Crippen LogP contribution < -0.4 is 9.47 Å². The van der Waals surface area contributed by atoms with E-state index in [1.54, 1.807) is 6.08 Å². The Labute approximate surface area is 269 Å². The van der Waals surface area contributed by atoms with Crippen molar-refractivity contribution in [1.29, 1.82) is 0 Å². The molecule has 8 nitrogen and oxygen atoms in total. The molecule has 8 atom stereocenters. The number of benzene rings is 1. The van der Waals surface area contributed by atoms with Crippen molar-refractivity contribution in [1.82, 2.24) is 0 Å². The fraction of sp³-hybridized carbons (Fsp3) is 0.605. The molecule has 1 aromatic carbocycles. The number of carboxylic acids is 1. The lowest BCUT2D eigenvalue weighted by Crippen LogP contribution is -2.72. The fourth-order valence-corrected chi connectivity index (χ4v) is 11.3. The average molecular weight is 629 g/mol. The Balaban J connectivity index is 1.40. The normalized spacial score (nSPS) is 39.6. The number of carbonyl (C=O) groups is 3. The second-order valence-corrected chi connectivity index (χ2v) is 16.6. The van der Waals surface area contributed by atoms with Crippen LogP contribution in [0.15, 0.2) is 34.9 Å². The molecule has 4 saturated carbocycles. The number of carboxylic acid groups (broad SMARTS) is 1. The van der Waals surface area contributed by atoms with Crippen LogP contribution in [0.3, 0.4) is 0 Å². The zero-order valence-electron chi connectivity index (χ0n) is 28.0. The van der Waals surface area contributed by atoms with Gasteiger partial charge in [0.2, 0.25) is 0 Å². The molecule has 2 N–H and O–H groups in total. The quantitative estimate of drug-likeness (QED) is 0.276. The van der Waals surface area contributed by atoms with Crippen LogP contribution in [0.25, 0.3) is 0 Å². The molecule has 6 aliphatic carbocycles.